The molecule has 1 amide bonds. The Bertz CT molecular complexity index is 977. The van der Waals surface area contributed by atoms with Crippen LogP contribution in [0.25, 0.3) is 10.9 Å². The molecule has 1 aliphatic carbocycles. The van der Waals surface area contributed by atoms with Crippen molar-refractivity contribution in [2.75, 3.05) is 0 Å². The van der Waals surface area contributed by atoms with Gasteiger partial charge < -0.3 is 4.90 Å². The van der Waals surface area contributed by atoms with Crippen LogP contribution in [0.2, 0.25) is 0 Å². The first kappa shape index (κ1) is 19.9. The van der Waals surface area contributed by atoms with E-state index in [4.69, 9.17) is 5.26 Å². The van der Waals surface area contributed by atoms with E-state index < -0.39 is 5.92 Å². The average Bonchev–Trinajstić information content (AvgIpc) is 3.03. The summed E-state index contributed by atoms with van der Waals surface area (Å²) in [5.41, 5.74) is 1.46. The van der Waals surface area contributed by atoms with Crippen LogP contribution in [0.4, 0.5) is 4.39 Å². The standard InChI is InChI=1S/C23H29FN4O/c1-15(21-20-18(24)9-4-10-19(20)27(3)26-21)22(29)28-16-7-5-11-23(2,13-16)14-17(28)8-6-12-25/h4,9-10,15-17H,5-8,11,13-14H2,1-3H3. The maximum absolute atomic E-state index is 14.6. The minimum Gasteiger partial charge on any atom is -0.336 e. The van der Waals surface area contributed by atoms with Gasteiger partial charge in [0.25, 0.3) is 0 Å². The lowest BCUT2D eigenvalue weighted by molar-refractivity contribution is -0.145. The summed E-state index contributed by atoms with van der Waals surface area (Å²) in [6, 6.07) is 7.45. The molecule has 0 radical (unpaired) electrons. The summed E-state index contributed by atoms with van der Waals surface area (Å²) in [6.45, 7) is 4.17. The van der Waals surface area contributed by atoms with Crippen LogP contribution in [0.1, 0.15) is 70.4 Å². The topological polar surface area (TPSA) is 61.9 Å². The van der Waals surface area contributed by atoms with Crippen molar-refractivity contribution in [3.63, 3.8) is 0 Å². The van der Waals surface area contributed by atoms with Gasteiger partial charge in [-0.2, -0.15) is 10.4 Å². The van der Waals surface area contributed by atoms with Crippen LogP contribution in [0, 0.1) is 22.6 Å². The van der Waals surface area contributed by atoms with E-state index in [1.165, 1.54) is 12.5 Å². The van der Waals surface area contributed by atoms with E-state index in [0.29, 0.717) is 29.4 Å². The highest BCUT2D eigenvalue weighted by Gasteiger charge is 2.47. The van der Waals surface area contributed by atoms with Gasteiger partial charge in [0, 0.05) is 25.6 Å². The minimum atomic E-state index is -0.522. The lowest BCUT2D eigenvalue weighted by atomic mass is 9.65. The Hall–Kier alpha value is -2.42. The van der Waals surface area contributed by atoms with Crippen molar-refractivity contribution in [3.8, 4) is 6.07 Å². The molecule has 2 aliphatic rings. The van der Waals surface area contributed by atoms with Crippen molar-refractivity contribution >= 4 is 16.8 Å². The zero-order valence-corrected chi connectivity index (χ0v) is 17.5. The third-order valence-electron chi connectivity index (χ3n) is 7.04. The highest BCUT2D eigenvalue weighted by molar-refractivity contribution is 5.91. The number of benzene rings is 1. The number of carbonyl (C=O) groups excluding carboxylic acids is 1. The molecule has 1 saturated carbocycles. The van der Waals surface area contributed by atoms with Gasteiger partial charge in [-0.15, -0.1) is 0 Å². The van der Waals surface area contributed by atoms with Gasteiger partial charge in [0.2, 0.25) is 5.91 Å². The lowest BCUT2D eigenvalue weighted by Crippen LogP contribution is -2.57. The first-order valence-corrected chi connectivity index (χ1v) is 10.6. The molecule has 6 heteroatoms. The molecule has 4 rings (SSSR count). The number of fused-ring (bicyclic) bond motifs is 3. The second-order valence-electron chi connectivity index (χ2n) is 9.23. The highest BCUT2D eigenvalue weighted by atomic mass is 19.1. The predicted octanol–water partition coefficient (Wildman–Crippen LogP) is 4.67. The fourth-order valence-electron chi connectivity index (χ4n) is 5.70. The molecule has 1 aromatic carbocycles. The molecule has 1 saturated heterocycles. The largest absolute Gasteiger partial charge is 0.336 e. The molecule has 2 bridgehead atoms. The summed E-state index contributed by atoms with van der Waals surface area (Å²) in [6.07, 6.45) is 6.46. The Balaban J connectivity index is 1.69. The van der Waals surface area contributed by atoms with E-state index in [1.807, 2.05) is 17.9 Å². The number of amides is 1. The zero-order valence-electron chi connectivity index (χ0n) is 17.5. The molecule has 1 aliphatic heterocycles. The predicted molar refractivity (Wildman–Crippen MR) is 110 cm³/mol. The molecular weight excluding hydrogens is 367 g/mol. The number of piperidine rings is 1. The molecule has 154 valence electrons. The van der Waals surface area contributed by atoms with Gasteiger partial charge in [-0.25, -0.2) is 4.39 Å². The molecule has 2 heterocycles. The first-order valence-electron chi connectivity index (χ1n) is 10.6. The number of aryl methyl sites for hydroxylation is 1. The third kappa shape index (κ3) is 3.41. The highest BCUT2D eigenvalue weighted by Crippen LogP contribution is 2.48. The van der Waals surface area contributed by atoms with Crippen LogP contribution in [0.15, 0.2) is 18.2 Å². The summed E-state index contributed by atoms with van der Waals surface area (Å²) in [7, 11) is 1.78. The number of hydrogen-bond acceptors (Lipinski definition) is 3. The van der Waals surface area contributed by atoms with Crippen LogP contribution < -0.4 is 0 Å². The Kier molecular flexibility index (Phi) is 5.10. The molecule has 4 unspecified atom stereocenters. The normalized spacial score (nSPS) is 27.6. The minimum absolute atomic E-state index is 0.0187. The first-order chi connectivity index (χ1) is 13.8. The fraction of sp³-hybridized carbons (Fsp3) is 0.609. The van der Waals surface area contributed by atoms with Crippen molar-refractivity contribution in [1.29, 1.82) is 5.26 Å². The number of carbonyl (C=O) groups is 1. The van der Waals surface area contributed by atoms with Crippen molar-refractivity contribution < 1.29 is 9.18 Å². The second kappa shape index (κ2) is 7.44. The van der Waals surface area contributed by atoms with Crippen LogP contribution in [0.5, 0.6) is 0 Å². The summed E-state index contributed by atoms with van der Waals surface area (Å²) in [4.78, 5) is 15.8. The van der Waals surface area contributed by atoms with Gasteiger partial charge in [0.15, 0.2) is 0 Å². The summed E-state index contributed by atoms with van der Waals surface area (Å²) >= 11 is 0. The van der Waals surface area contributed by atoms with E-state index in [-0.39, 0.29) is 29.2 Å². The summed E-state index contributed by atoms with van der Waals surface area (Å²) in [5, 5.41) is 14.1. The van der Waals surface area contributed by atoms with Crippen LogP contribution in [0.3, 0.4) is 0 Å². The summed E-state index contributed by atoms with van der Waals surface area (Å²) in [5.74, 6) is -0.841. The monoisotopic (exact) mass is 396 g/mol. The van der Waals surface area contributed by atoms with Gasteiger partial charge in [0.05, 0.1) is 28.6 Å². The second-order valence-corrected chi connectivity index (χ2v) is 9.23. The number of halogens is 1. The number of nitriles is 1. The Labute approximate surface area is 171 Å². The quantitative estimate of drug-likeness (QED) is 0.754. The number of aromatic nitrogens is 2. The van der Waals surface area contributed by atoms with Crippen molar-refractivity contribution in [2.24, 2.45) is 12.5 Å². The van der Waals surface area contributed by atoms with Crippen LogP contribution >= 0.6 is 0 Å². The number of likely N-dealkylation sites (tertiary alicyclic amines) is 1. The van der Waals surface area contributed by atoms with E-state index in [2.05, 4.69) is 18.1 Å². The van der Waals surface area contributed by atoms with Crippen LogP contribution in [-0.2, 0) is 11.8 Å². The smallest absolute Gasteiger partial charge is 0.232 e. The Morgan fingerprint density at radius 3 is 3.00 bits per heavy atom. The molecule has 1 aromatic heterocycles. The van der Waals surface area contributed by atoms with Gasteiger partial charge >= 0.3 is 0 Å². The number of nitrogens with zero attached hydrogens (tertiary/aromatic N) is 4. The maximum atomic E-state index is 14.6. The Morgan fingerprint density at radius 1 is 1.45 bits per heavy atom. The van der Waals surface area contributed by atoms with Crippen molar-refractivity contribution in [1.82, 2.24) is 14.7 Å². The number of rotatable bonds is 4. The molecule has 2 fully saturated rings. The van der Waals surface area contributed by atoms with Gasteiger partial charge in [-0.05, 0) is 56.6 Å². The number of hydrogen-bond donors (Lipinski definition) is 0. The van der Waals surface area contributed by atoms with Gasteiger partial charge in [-0.3, -0.25) is 9.48 Å². The van der Waals surface area contributed by atoms with E-state index in [1.54, 1.807) is 17.8 Å². The van der Waals surface area contributed by atoms with Crippen LogP contribution in [-0.4, -0.2) is 32.7 Å². The van der Waals surface area contributed by atoms with E-state index in [0.717, 1.165) is 25.7 Å². The molecule has 29 heavy (non-hydrogen) atoms. The molecule has 0 N–H and O–H groups in total. The zero-order chi connectivity index (χ0) is 20.8. The SMILES string of the molecule is CC(C(=O)N1C(CCC#N)CC2(C)CCCC1C2)c1nn(C)c2cccc(F)c12. The third-order valence-corrected chi connectivity index (χ3v) is 7.04. The average molecular weight is 397 g/mol. The molecule has 0 spiro atoms. The van der Waals surface area contributed by atoms with Gasteiger partial charge in [0.1, 0.15) is 5.82 Å². The molecular formula is C23H29FN4O. The lowest BCUT2D eigenvalue weighted by Gasteiger charge is -2.53. The molecule has 4 atom stereocenters. The van der Waals surface area contributed by atoms with Gasteiger partial charge in [-0.1, -0.05) is 19.4 Å². The van der Waals surface area contributed by atoms with E-state index in [9.17, 15) is 9.18 Å². The van der Waals surface area contributed by atoms with E-state index >= 15 is 0 Å². The summed E-state index contributed by atoms with van der Waals surface area (Å²) < 4.78 is 16.3. The van der Waals surface area contributed by atoms with Crippen molar-refractivity contribution in [2.45, 2.75) is 76.8 Å². The molecule has 5 nitrogen and oxygen atoms in total. The molecule has 2 aromatic rings. The van der Waals surface area contributed by atoms with Crippen molar-refractivity contribution in [3.05, 3.63) is 29.7 Å². The fourth-order valence-corrected chi connectivity index (χ4v) is 5.70. The maximum Gasteiger partial charge on any atom is 0.232 e. The Morgan fingerprint density at radius 2 is 2.24 bits per heavy atom.